The zero-order valence-electron chi connectivity index (χ0n) is 16.1. The lowest BCUT2D eigenvalue weighted by Crippen LogP contribution is -2.37. The fraction of sp³-hybridized carbons (Fsp3) is 0.722. The number of amides is 1. The van der Waals surface area contributed by atoms with Crippen molar-refractivity contribution >= 4 is 23.4 Å². The van der Waals surface area contributed by atoms with Gasteiger partial charge in [0.05, 0.1) is 5.69 Å². The van der Waals surface area contributed by atoms with Gasteiger partial charge in [-0.15, -0.1) is 0 Å². The van der Waals surface area contributed by atoms with Crippen LogP contribution in [0.1, 0.15) is 81.2 Å². The highest BCUT2D eigenvalue weighted by molar-refractivity contribution is 7.06. The van der Waals surface area contributed by atoms with Crippen molar-refractivity contribution in [3.63, 3.8) is 0 Å². The van der Waals surface area contributed by atoms with Crippen LogP contribution >= 0.6 is 11.5 Å². The summed E-state index contributed by atoms with van der Waals surface area (Å²) < 4.78 is 36.2. The maximum absolute atomic E-state index is 13.4. The van der Waals surface area contributed by atoms with Gasteiger partial charge in [-0.2, -0.15) is 4.37 Å². The predicted octanol–water partition coefficient (Wildman–Crippen LogP) is 4.40. The van der Waals surface area contributed by atoms with Gasteiger partial charge in [0.1, 0.15) is 16.0 Å². The Labute approximate surface area is 156 Å². The molecule has 1 fully saturated rings. The van der Waals surface area contributed by atoms with E-state index in [0.717, 1.165) is 0 Å². The Kier molecular flexibility index (Phi) is 5.75. The van der Waals surface area contributed by atoms with Gasteiger partial charge in [-0.3, -0.25) is 4.79 Å². The first-order valence-corrected chi connectivity index (χ1v) is 9.39. The van der Waals surface area contributed by atoms with E-state index < -0.39 is 23.4 Å². The van der Waals surface area contributed by atoms with E-state index in [4.69, 9.17) is 4.74 Å². The molecule has 1 saturated heterocycles. The maximum Gasteiger partial charge on any atom is 0.341 e. The van der Waals surface area contributed by atoms with Crippen LogP contribution in [0.2, 0.25) is 0 Å². The van der Waals surface area contributed by atoms with Crippen LogP contribution in [0, 0.1) is 5.41 Å². The molecule has 0 aromatic carbocycles. The molecule has 2 rings (SSSR count). The molecule has 0 radical (unpaired) electrons. The highest BCUT2D eigenvalue weighted by Gasteiger charge is 2.38. The van der Waals surface area contributed by atoms with Crippen LogP contribution in [0.15, 0.2) is 0 Å². The summed E-state index contributed by atoms with van der Waals surface area (Å²) in [7, 11) is 0. The van der Waals surface area contributed by atoms with E-state index in [1.54, 1.807) is 25.7 Å². The van der Waals surface area contributed by atoms with Gasteiger partial charge < -0.3 is 9.64 Å². The summed E-state index contributed by atoms with van der Waals surface area (Å²) in [5.41, 5.74) is -1.11. The summed E-state index contributed by atoms with van der Waals surface area (Å²) in [6, 6.07) is 0. The van der Waals surface area contributed by atoms with E-state index in [1.165, 1.54) is 0 Å². The predicted molar refractivity (Wildman–Crippen MR) is 95.6 cm³/mol. The molecule has 0 N–H and O–H groups in total. The molecule has 5 nitrogen and oxygen atoms in total. The Balaban J connectivity index is 2.31. The second-order valence-electron chi connectivity index (χ2n) is 8.60. The molecular weight excluding hydrogens is 362 g/mol. The molecule has 1 aromatic heterocycles. The van der Waals surface area contributed by atoms with Gasteiger partial charge >= 0.3 is 5.97 Å². The van der Waals surface area contributed by atoms with Crippen LogP contribution < -0.4 is 0 Å². The lowest BCUT2D eigenvalue weighted by Gasteiger charge is -2.25. The average molecular weight is 388 g/mol. The number of rotatable bonds is 3. The smallest absolute Gasteiger partial charge is 0.341 e. The van der Waals surface area contributed by atoms with Gasteiger partial charge in [0.2, 0.25) is 5.91 Å². The number of carbonyl (C=O) groups is 2. The molecule has 8 heteroatoms. The van der Waals surface area contributed by atoms with E-state index in [0.29, 0.717) is 36.7 Å². The van der Waals surface area contributed by atoms with Gasteiger partial charge in [-0.1, -0.05) is 20.8 Å². The number of hydrogen-bond donors (Lipinski definition) is 0. The average Bonchev–Trinajstić information content (AvgIpc) is 3.10. The van der Waals surface area contributed by atoms with Crippen molar-refractivity contribution in [3.8, 4) is 0 Å². The third-order valence-corrected chi connectivity index (χ3v) is 4.92. The molecule has 0 aliphatic carbocycles. The second kappa shape index (κ2) is 7.21. The van der Waals surface area contributed by atoms with Gasteiger partial charge in [-0.25, -0.2) is 13.6 Å². The second-order valence-corrected chi connectivity index (χ2v) is 9.40. The largest absolute Gasteiger partial charge is 0.456 e. The van der Waals surface area contributed by atoms with E-state index in [2.05, 4.69) is 4.37 Å². The highest BCUT2D eigenvalue weighted by Crippen LogP contribution is 2.38. The number of halogens is 2. The van der Waals surface area contributed by atoms with Gasteiger partial charge in [0.25, 0.3) is 6.43 Å². The van der Waals surface area contributed by atoms with E-state index >= 15 is 0 Å². The van der Waals surface area contributed by atoms with Crippen molar-refractivity contribution < 1.29 is 23.1 Å². The molecule has 1 aromatic rings. The molecule has 1 amide bonds. The molecule has 146 valence electrons. The standard InChI is InChI=1S/C18H26F2N2O3S/c1-17(2,3)16(24)22-8-7-10(9-22)12-11(13(14(19)20)26-21-12)15(23)25-18(4,5)6/h10,14H,7-9H2,1-6H3. The maximum atomic E-state index is 13.4. The first-order valence-electron chi connectivity index (χ1n) is 8.61. The normalized spacial score (nSPS) is 18.5. The monoisotopic (exact) mass is 388 g/mol. The number of likely N-dealkylation sites (tertiary alicyclic amines) is 1. The number of nitrogens with zero attached hydrogens (tertiary/aromatic N) is 2. The van der Waals surface area contributed by atoms with Crippen LogP contribution in [0.3, 0.4) is 0 Å². The highest BCUT2D eigenvalue weighted by atomic mass is 32.1. The third kappa shape index (κ3) is 4.58. The Morgan fingerprint density at radius 1 is 1.23 bits per heavy atom. The molecule has 0 bridgehead atoms. The van der Waals surface area contributed by atoms with Crippen LogP contribution in [0.5, 0.6) is 0 Å². The van der Waals surface area contributed by atoms with Gasteiger partial charge in [0.15, 0.2) is 0 Å². The minimum absolute atomic E-state index is 0.00290. The molecule has 1 aliphatic heterocycles. The molecular formula is C18H26F2N2O3S. The summed E-state index contributed by atoms with van der Waals surface area (Å²) in [5.74, 6) is -1.02. The molecule has 0 saturated carbocycles. The van der Waals surface area contributed by atoms with Crippen LogP contribution in [0.4, 0.5) is 8.78 Å². The Morgan fingerprint density at radius 3 is 2.35 bits per heavy atom. The minimum atomic E-state index is -2.79. The summed E-state index contributed by atoms with van der Waals surface area (Å²) in [4.78, 5) is 26.3. The molecule has 0 spiro atoms. The van der Waals surface area contributed by atoms with Crippen molar-refractivity contribution in [2.24, 2.45) is 5.41 Å². The summed E-state index contributed by atoms with van der Waals surface area (Å²) in [6.45, 7) is 11.5. The number of hydrogen-bond acceptors (Lipinski definition) is 5. The zero-order valence-corrected chi connectivity index (χ0v) is 16.9. The first-order chi connectivity index (χ1) is 11.8. The SMILES string of the molecule is CC(C)(C)OC(=O)c1c(C2CCN(C(=O)C(C)(C)C)C2)nsc1C(F)F. The number of aromatic nitrogens is 1. The summed E-state index contributed by atoms with van der Waals surface area (Å²) >= 11 is 0.636. The Hall–Kier alpha value is -1.57. The minimum Gasteiger partial charge on any atom is -0.456 e. The molecule has 1 atom stereocenters. The van der Waals surface area contributed by atoms with Crippen LogP contribution in [-0.2, 0) is 9.53 Å². The lowest BCUT2D eigenvalue weighted by atomic mass is 9.95. The van der Waals surface area contributed by atoms with Crippen molar-refractivity contribution in [1.82, 2.24) is 9.27 Å². The van der Waals surface area contributed by atoms with E-state index in [-0.39, 0.29) is 22.3 Å². The number of esters is 1. The van der Waals surface area contributed by atoms with Crippen LogP contribution in [-0.4, -0.2) is 39.8 Å². The fourth-order valence-electron chi connectivity index (χ4n) is 2.92. The Morgan fingerprint density at radius 2 is 1.85 bits per heavy atom. The molecule has 1 aliphatic rings. The quantitative estimate of drug-likeness (QED) is 0.720. The fourth-order valence-corrected chi connectivity index (χ4v) is 3.72. The first kappa shape index (κ1) is 20.7. The third-order valence-electron chi connectivity index (χ3n) is 4.05. The number of carbonyl (C=O) groups excluding carboxylic acids is 2. The van der Waals surface area contributed by atoms with Crippen molar-refractivity contribution in [3.05, 3.63) is 16.1 Å². The summed E-state index contributed by atoms with van der Waals surface area (Å²) in [5, 5.41) is 0. The topological polar surface area (TPSA) is 59.5 Å². The summed E-state index contributed by atoms with van der Waals surface area (Å²) in [6.07, 6.45) is -2.21. The van der Waals surface area contributed by atoms with E-state index in [1.807, 2.05) is 20.8 Å². The molecule has 26 heavy (non-hydrogen) atoms. The van der Waals surface area contributed by atoms with E-state index in [9.17, 15) is 18.4 Å². The van der Waals surface area contributed by atoms with Crippen LogP contribution in [0.25, 0.3) is 0 Å². The zero-order chi connectivity index (χ0) is 19.9. The molecule has 2 heterocycles. The van der Waals surface area contributed by atoms with Gasteiger partial charge in [0, 0.05) is 24.4 Å². The number of alkyl halides is 2. The number of ether oxygens (including phenoxy) is 1. The lowest BCUT2D eigenvalue weighted by molar-refractivity contribution is -0.138. The van der Waals surface area contributed by atoms with Crippen molar-refractivity contribution in [1.29, 1.82) is 0 Å². The van der Waals surface area contributed by atoms with Crippen molar-refractivity contribution in [2.75, 3.05) is 13.1 Å². The van der Waals surface area contributed by atoms with Crippen molar-refractivity contribution in [2.45, 2.75) is 65.9 Å². The Bertz CT molecular complexity index is 690. The molecule has 1 unspecified atom stereocenters. The van der Waals surface area contributed by atoms with Gasteiger partial charge in [-0.05, 0) is 38.7 Å².